The zero-order chi connectivity index (χ0) is 18.0. The molecule has 0 spiro atoms. The van der Waals surface area contributed by atoms with Gasteiger partial charge < -0.3 is 4.90 Å². The van der Waals surface area contributed by atoms with Crippen LogP contribution in [0.1, 0.15) is 15.9 Å². The monoisotopic (exact) mass is 362 g/mol. The van der Waals surface area contributed by atoms with Crippen LogP contribution < -0.4 is 0 Å². The minimum Gasteiger partial charge on any atom is -0.336 e. The normalized spacial score (nSPS) is 16.0. The number of rotatable bonds is 3. The lowest BCUT2D eigenvalue weighted by Crippen LogP contribution is -2.50. The van der Waals surface area contributed by atoms with Crippen LogP contribution >= 0.6 is 0 Å². The molecule has 132 valence electrons. The molecular weight excluding hydrogens is 343 g/mol. The van der Waals surface area contributed by atoms with Gasteiger partial charge in [0, 0.05) is 31.7 Å². The number of benzene rings is 2. The van der Waals surface area contributed by atoms with E-state index < -0.39 is 15.8 Å². The Bertz CT molecular complexity index is 891. The Hall–Kier alpha value is -2.25. The van der Waals surface area contributed by atoms with Crippen LogP contribution in [0.4, 0.5) is 4.39 Å². The summed E-state index contributed by atoms with van der Waals surface area (Å²) in [5.74, 6) is -0.751. The van der Waals surface area contributed by atoms with E-state index in [1.54, 1.807) is 29.2 Å². The van der Waals surface area contributed by atoms with E-state index in [4.69, 9.17) is 0 Å². The maximum absolute atomic E-state index is 13.3. The lowest BCUT2D eigenvalue weighted by Gasteiger charge is -2.34. The van der Waals surface area contributed by atoms with Gasteiger partial charge in [0.05, 0.1) is 4.90 Å². The third kappa shape index (κ3) is 3.72. The van der Waals surface area contributed by atoms with Gasteiger partial charge in [0.2, 0.25) is 10.0 Å². The summed E-state index contributed by atoms with van der Waals surface area (Å²) < 4.78 is 40.1. The van der Waals surface area contributed by atoms with Gasteiger partial charge in [0.25, 0.3) is 5.91 Å². The molecule has 1 saturated heterocycles. The number of nitrogens with zero attached hydrogens (tertiary/aromatic N) is 2. The predicted molar refractivity (Wildman–Crippen MR) is 92.2 cm³/mol. The van der Waals surface area contributed by atoms with Crippen molar-refractivity contribution >= 4 is 15.9 Å². The molecule has 0 unspecified atom stereocenters. The van der Waals surface area contributed by atoms with Crippen LogP contribution in [-0.4, -0.2) is 49.7 Å². The molecule has 1 aliphatic rings. The molecule has 0 N–H and O–H groups in total. The lowest BCUT2D eigenvalue weighted by molar-refractivity contribution is 0.0697. The van der Waals surface area contributed by atoms with E-state index >= 15 is 0 Å². The highest BCUT2D eigenvalue weighted by molar-refractivity contribution is 7.89. The van der Waals surface area contributed by atoms with Crippen molar-refractivity contribution in [2.24, 2.45) is 0 Å². The van der Waals surface area contributed by atoms with Gasteiger partial charge in [-0.3, -0.25) is 4.79 Å². The fourth-order valence-corrected chi connectivity index (χ4v) is 4.39. The summed E-state index contributed by atoms with van der Waals surface area (Å²) in [6.45, 7) is 2.84. The predicted octanol–water partition coefficient (Wildman–Crippen LogP) is 2.28. The van der Waals surface area contributed by atoms with Crippen LogP contribution in [0.25, 0.3) is 0 Å². The van der Waals surface area contributed by atoms with E-state index in [0.717, 1.165) is 5.56 Å². The van der Waals surface area contributed by atoms with Crippen molar-refractivity contribution < 1.29 is 17.6 Å². The first kappa shape index (κ1) is 17.6. The molecule has 1 heterocycles. The molecule has 5 nitrogen and oxygen atoms in total. The number of sulfonamides is 1. The highest BCUT2D eigenvalue weighted by Gasteiger charge is 2.30. The Morgan fingerprint density at radius 3 is 2.32 bits per heavy atom. The zero-order valence-corrected chi connectivity index (χ0v) is 14.7. The smallest absolute Gasteiger partial charge is 0.254 e. The lowest BCUT2D eigenvalue weighted by atomic mass is 10.2. The van der Waals surface area contributed by atoms with Gasteiger partial charge >= 0.3 is 0 Å². The SMILES string of the molecule is Cc1cccc(S(=O)(=O)N2CCN(C(=O)c3cccc(F)c3)CC2)c1. The first-order valence-electron chi connectivity index (χ1n) is 7.99. The second kappa shape index (κ2) is 6.93. The average Bonchev–Trinajstić information content (AvgIpc) is 2.61. The van der Waals surface area contributed by atoms with E-state index in [0.29, 0.717) is 0 Å². The molecule has 25 heavy (non-hydrogen) atoms. The summed E-state index contributed by atoms with van der Waals surface area (Å²) in [5.41, 5.74) is 1.15. The van der Waals surface area contributed by atoms with Gasteiger partial charge in [-0.2, -0.15) is 4.31 Å². The number of hydrogen-bond donors (Lipinski definition) is 0. The van der Waals surface area contributed by atoms with Crippen molar-refractivity contribution in [2.45, 2.75) is 11.8 Å². The summed E-state index contributed by atoms with van der Waals surface area (Å²) in [5, 5.41) is 0. The quantitative estimate of drug-likeness (QED) is 0.842. The molecule has 0 bridgehead atoms. The number of carbonyl (C=O) groups excluding carboxylic acids is 1. The van der Waals surface area contributed by atoms with Crippen LogP contribution in [0.5, 0.6) is 0 Å². The number of carbonyl (C=O) groups is 1. The van der Waals surface area contributed by atoms with Crippen LogP contribution in [-0.2, 0) is 10.0 Å². The molecule has 2 aromatic carbocycles. The van der Waals surface area contributed by atoms with Crippen molar-refractivity contribution in [3.05, 3.63) is 65.5 Å². The molecule has 1 fully saturated rings. The Balaban J connectivity index is 1.70. The molecule has 0 aliphatic carbocycles. The first-order chi connectivity index (χ1) is 11.9. The largest absolute Gasteiger partial charge is 0.336 e. The van der Waals surface area contributed by atoms with Crippen LogP contribution in [0, 0.1) is 12.7 Å². The van der Waals surface area contributed by atoms with Gasteiger partial charge in [-0.05, 0) is 42.8 Å². The summed E-state index contributed by atoms with van der Waals surface area (Å²) in [4.78, 5) is 14.2. The Labute approximate surface area is 146 Å². The van der Waals surface area contributed by atoms with E-state index in [-0.39, 0.29) is 42.5 Å². The Morgan fingerprint density at radius 1 is 1.00 bits per heavy atom. The van der Waals surface area contributed by atoms with Crippen molar-refractivity contribution in [3.63, 3.8) is 0 Å². The Kier molecular flexibility index (Phi) is 4.87. The van der Waals surface area contributed by atoms with E-state index in [9.17, 15) is 17.6 Å². The van der Waals surface area contributed by atoms with Gasteiger partial charge in [0.1, 0.15) is 5.82 Å². The summed E-state index contributed by atoms with van der Waals surface area (Å²) in [6, 6.07) is 12.3. The Morgan fingerprint density at radius 2 is 1.68 bits per heavy atom. The van der Waals surface area contributed by atoms with E-state index in [1.165, 1.54) is 22.5 Å². The second-order valence-electron chi connectivity index (χ2n) is 6.02. The molecule has 1 amide bonds. The minimum absolute atomic E-state index is 0.220. The summed E-state index contributed by atoms with van der Waals surface area (Å²) in [7, 11) is -3.57. The van der Waals surface area contributed by atoms with Crippen LogP contribution in [0.2, 0.25) is 0 Å². The topological polar surface area (TPSA) is 57.7 Å². The number of amides is 1. The fourth-order valence-electron chi connectivity index (χ4n) is 2.86. The fraction of sp³-hybridized carbons (Fsp3) is 0.278. The molecule has 0 atom stereocenters. The van der Waals surface area contributed by atoms with Crippen molar-refractivity contribution in [1.29, 1.82) is 0 Å². The van der Waals surface area contributed by atoms with Crippen LogP contribution in [0.3, 0.4) is 0 Å². The maximum Gasteiger partial charge on any atom is 0.254 e. The molecule has 3 rings (SSSR count). The number of aryl methyl sites for hydroxylation is 1. The molecule has 0 radical (unpaired) electrons. The van der Waals surface area contributed by atoms with Crippen molar-refractivity contribution in [3.8, 4) is 0 Å². The third-order valence-electron chi connectivity index (χ3n) is 4.22. The highest BCUT2D eigenvalue weighted by Crippen LogP contribution is 2.19. The molecule has 7 heteroatoms. The number of halogens is 1. The summed E-state index contributed by atoms with van der Waals surface area (Å²) >= 11 is 0. The highest BCUT2D eigenvalue weighted by atomic mass is 32.2. The maximum atomic E-state index is 13.3. The van der Waals surface area contributed by atoms with E-state index in [2.05, 4.69) is 0 Å². The van der Waals surface area contributed by atoms with Gasteiger partial charge in [-0.1, -0.05) is 18.2 Å². The van der Waals surface area contributed by atoms with E-state index in [1.807, 2.05) is 13.0 Å². The standard InChI is InChI=1S/C18H19FN2O3S/c1-14-4-2-7-17(12-14)25(23,24)21-10-8-20(9-11-21)18(22)15-5-3-6-16(19)13-15/h2-7,12-13H,8-11H2,1H3. The third-order valence-corrected chi connectivity index (χ3v) is 6.12. The van der Waals surface area contributed by atoms with Crippen molar-refractivity contribution in [2.75, 3.05) is 26.2 Å². The van der Waals surface area contributed by atoms with Gasteiger partial charge in [-0.25, -0.2) is 12.8 Å². The molecule has 0 aromatic heterocycles. The number of piperazine rings is 1. The molecule has 0 saturated carbocycles. The zero-order valence-electron chi connectivity index (χ0n) is 13.9. The first-order valence-corrected chi connectivity index (χ1v) is 9.43. The van der Waals surface area contributed by atoms with Crippen molar-refractivity contribution in [1.82, 2.24) is 9.21 Å². The van der Waals surface area contributed by atoms with Crippen LogP contribution in [0.15, 0.2) is 53.4 Å². The average molecular weight is 362 g/mol. The molecular formula is C18H19FN2O3S. The number of hydrogen-bond acceptors (Lipinski definition) is 3. The van der Waals surface area contributed by atoms with Gasteiger partial charge in [-0.15, -0.1) is 0 Å². The van der Waals surface area contributed by atoms with Gasteiger partial charge in [0.15, 0.2) is 0 Å². The molecule has 1 aliphatic heterocycles. The minimum atomic E-state index is -3.57. The summed E-state index contributed by atoms with van der Waals surface area (Å²) in [6.07, 6.45) is 0. The second-order valence-corrected chi connectivity index (χ2v) is 7.96. The molecule has 2 aromatic rings.